The molecule has 0 aliphatic heterocycles. The Morgan fingerprint density at radius 2 is 0.711 bits per heavy atom. The van der Waals surface area contributed by atoms with E-state index in [0.717, 1.165) is 24.3 Å². The lowest BCUT2D eigenvalue weighted by molar-refractivity contribution is 0.459. The SMILES string of the molecule is C#Cc1nc(F)c(F)c(/C(C#N)=C2/C(=C(C#N)c3c(F)c(F)nc(C#N)c3F)/C2=C(/C#N)c2c(F)c(F)nc(C#N)c2F)c1F. The Morgan fingerprint density at radius 3 is 0.956 bits per heavy atom. The largest absolute Gasteiger partial charge is 0.251 e. The Bertz CT molecular complexity index is 2010. The summed E-state index contributed by atoms with van der Waals surface area (Å²) in [4.78, 5) is 8.23. The standard InChI is InChI=1S/C28HF9N8/c1-2-11-20(29)17(23(32)26(35)43-11)8(3-38)14-15(9(4-39)18-21(30)12(6-41)44-27(36)24(18)33)16(14)10(5-40)19-22(31)13(7-42)45-28(37)25(19)34/h1H/b14-8-,15-9?,16-10-. The fraction of sp³-hybridized carbons (Fsp3) is 0. The van der Waals surface area contributed by atoms with Crippen LogP contribution in [0.1, 0.15) is 33.8 Å². The first-order valence-electron chi connectivity index (χ1n) is 11.2. The molecule has 1 saturated carbocycles. The fourth-order valence-corrected chi connectivity index (χ4v) is 4.09. The predicted molar refractivity (Wildman–Crippen MR) is 127 cm³/mol. The molecule has 0 atom stereocenters. The Kier molecular flexibility index (Phi) is 7.84. The average Bonchev–Trinajstić information content (AvgIpc) is 3.74. The van der Waals surface area contributed by atoms with Crippen molar-refractivity contribution in [3.8, 4) is 42.7 Å². The predicted octanol–water partition coefficient (Wildman–Crippen LogP) is 5.09. The van der Waals surface area contributed by atoms with E-state index < -0.39 is 120 Å². The Morgan fingerprint density at radius 1 is 0.444 bits per heavy atom. The van der Waals surface area contributed by atoms with Crippen molar-refractivity contribution < 1.29 is 39.5 Å². The molecule has 1 aliphatic rings. The van der Waals surface area contributed by atoms with Gasteiger partial charge < -0.3 is 0 Å². The number of allylic oxidation sites excluding steroid dienone is 6. The van der Waals surface area contributed by atoms with Gasteiger partial charge in [-0.3, -0.25) is 0 Å². The molecule has 0 bridgehead atoms. The summed E-state index contributed by atoms with van der Waals surface area (Å²) in [5.74, 6) is -17.5. The van der Waals surface area contributed by atoms with Crippen LogP contribution < -0.4 is 0 Å². The third-order valence-electron chi connectivity index (χ3n) is 5.99. The van der Waals surface area contributed by atoms with Crippen LogP contribution in [0.15, 0.2) is 16.7 Å². The normalized spacial score (nSPS) is 15.0. The Labute approximate surface area is 243 Å². The first kappa shape index (κ1) is 31.0. The van der Waals surface area contributed by atoms with Crippen molar-refractivity contribution >= 4 is 16.7 Å². The molecule has 4 rings (SSSR count). The van der Waals surface area contributed by atoms with E-state index in [9.17, 15) is 42.1 Å². The van der Waals surface area contributed by atoms with E-state index in [2.05, 4.69) is 15.0 Å². The van der Waals surface area contributed by atoms with Crippen LogP contribution in [0.2, 0.25) is 0 Å². The van der Waals surface area contributed by atoms with Gasteiger partial charge in [-0.05, 0) is 5.92 Å². The molecule has 3 aromatic heterocycles. The number of pyridine rings is 3. The zero-order chi connectivity index (χ0) is 33.5. The van der Waals surface area contributed by atoms with Crippen molar-refractivity contribution in [2.45, 2.75) is 0 Å². The van der Waals surface area contributed by atoms with Crippen LogP contribution >= 0.6 is 0 Å². The van der Waals surface area contributed by atoms with Crippen LogP contribution in [0.5, 0.6) is 0 Å². The van der Waals surface area contributed by atoms with Gasteiger partial charge in [-0.25, -0.2) is 41.3 Å². The van der Waals surface area contributed by atoms with Crippen molar-refractivity contribution in [1.29, 1.82) is 26.3 Å². The van der Waals surface area contributed by atoms with E-state index in [0.29, 0.717) is 0 Å². The lowest BCUT2D eigenvalue weighted by Gasteiger charge is -2.06. The molecule has 3 heterocycles. The first-order valence-corrected chi connectivity index (χ1v) is 11.2. The molecule has 216 valence electrons. The van der Waals surface area contributed by atoms with Crippen molar-refractivity contribution in [3.63, 3.8) is 0 Å². The summed E-state index contributed by atoms with van der Waals surface area (Å²) in [5, 5.41) is 47.7. The van der Waals surface area contributed by atoms with Crippen molar-refractivity contribution in [2.75, 3.05) is 0 Å². The van der Waals surface area contributed by atoms with Crippen LogP contribution in [0.3, 0.4) is 0 Å². The highest BCUT2D eigenvalue weighted by atomic mass is 19.2. The van der Waals surface area contributed by atoms with E-state index in [1.165, 1.54) is 6.07 Å². The minimum absolute atomic E-state index is 1.05. The molecule has 45 heavy (non-hydrogen) atoms. The quantitative estimate of drug-likeness (QED) is 0.170. The van der Waals surface area contributed by atoms with Gasteiger partial charge in [0.15, 0.2) is 52.0 Å². The molecule has 0 saturated heterocycles. The van der Waals surface area contributed by atoms with Gasteiger partial charge in [0.05, 0.1) is 33.4 Å². The molecule has 1 aliphatic carbocycles. The van der Waals surface area contributed by atoms with Gasteiger partial charge in [-0.2, -0.15) is 39.5 Å². The van der Waals surface area contributed by atoms with Gasteiger partial charge in [-0.1, -0.05) is 0 Å². The van der Waals surface area contributed by atoms with E-state index in [1.54, 1.807) is 5.92 Å². The zero-order valence-electron chi connectivity index (χ0n) is 21.1. The number of hydrogen-bond donors (Lipinski definition) is 0. The summed E-state index contributed by atoms with van der Waals surface area (Å²) in [7, 11) is 0. The summed E-state index contributed by atoms with van der Waals surface area (Å²) in [5.41, 5.74) is -16.9. The number of terminal acetylenes is 1. The molecular weight excluding hydrogens is 619 g/mol. The molecule has 0 N–H and O–H groups in total. The number of rotatable bonds is 3. The third kappa shape index (κ3) is 4.64. The fourth-order valence-electron chi connectivity index (χ4n) is 4.09. The highest BCUT2D eigenvalue weighted by molar-refractivity contribution is 6.12. The Hall–Kier alpha value is -6.95. The minimum atomic E-state index is -2.25. The monoisotopic (exact) mass is 620 g/mol. The molecule has 8 nitrogen and oxygen atoms in total. The third-order valence-corrected chi connectivity index (χ3v) is 5.99. The second-order valence-electron chi connectivity index (χ2n) is 8.22. The molecule has 17 heteroatoms. The smallest absolute Gasteiger partial charge is 0.205 e. The topological polar surface area (TPSA) is 158 Å². The molecular formula is C28HF9N8. The zero-order valence-corrected chi connectivity index (χ0v) is 21.1. The molecule has 0 spiro atoms. The van der Waals surface area contributed by atoms with Gasteiger partial charge in [0.1, 0.15) is 30.3 Å². The number of hydrogen-bond acceptors (Lipinski definition) is 8. The van der Waals surface area contributed by atoms with E-state index in [4.69, 9.17) is 16.9 Å². The second-order valence-corrected chi connectivity index (χ2v) is 8.22. The number of nitriles is 5. The highest BCUT2D eigenvalue weighted by Crippen LogP contribution is 2.57. The summed E-state index contributed by atoms with van der Waals surface area (Å²) in [6.45, 7) is 0. The van der Waals surface area contributed by atoms with E-state index in [-0.39, 0.29) is 0 Å². The van der Waals surface area contributed by atoms with Gasteiger partial charge in [0.2, 0.25) is 0 Å². The van der Waals surface area contributed by atoms with E-state index >= 15 is 13.2 Å². The summed E-state index contributed by atoms with van der Waals surface area (Å²) < 4.78 is 133. The second kappa shape index (κ2) is 11.4. The number of nitrogens with zero attached hydrogens (tertiary/aromatic N) is 8. The van der Waals surface area contributed by atoms with Crippen LogP contribution in [0, 0.1) is 122 Å². The van der Waals surface area contributed by atoms with Gasteiger partial charge in [-0.15, -0.1) is 6.42 Å². The van der Waals surface area contributed by atoms with Crippen LogP contribution in [-0.2, 0) is 0 Å². The molecule has 0 unspecified atom stereocenters. The van der Waals surface area contributed by atoms with Crippen LogP contribution in [0.25, 0.3) is 16.7 Å². The van der Waals surface area contributed by atoms with Gasteiger partial charge in [0, 0.05) is 16.7 Å². The highest BCUT2D eigenvalue weighted by Gasteiger charge is 2.45. The maximum Gasteiger partial charge on any atom is 0.251 e. The molecule has 0 aromatic carbocycles. The van der Waals surface area contributed by atoms with Crippen molar-refractivity contribution in [3.05, 3.63) is 103 Å². The molecule has 1 fully saturated rings. The average molecular weight is 620 g/mol. The summed E-state index contributed by atoms with van der Waals surface area (Å²) in [6.07, 6.45) is 5.02. The van der Waals surface area contributed by atoms with Crippen LogP contribution in [0.4, 0.5) is 39.5 Å². The van der Waals surface area contributed by atoms with Gasteiger partial charge in [0.25, 0.3) is 17.8 Å². The summed E-state index contributed by atoms with van der Waals surface area (Å²) >= 11 is 0. The number of aromatic nitrogens is 3. The Balaban J connectivity index is 2.36. The number of halogens is 9. The summed E-state index contributed by atoms with van der Waals surface area (Å²) in [6, 6.07) is 5.62. The van der Waals surface area contributed by atoms with Gasteiger partial charge >= 0.3 is 0 Å². The minimum Gasteiger partial charge on any atom is -0.205 e. The van der Waals surface area contributed by atoms with E-state index in [1.807, 2.05) is 0 Å². The lowest BCUT2D eigenvalue weighted by atomic mass is 10.0. The van der Waals surface area contributed by atoms with Crippen molar-refractivity contribution in [2.24, 2.45) is 0 Å². The lowest BCUT2D eigenvalue weighted by Crippen LogP contribution is -2.06. The molecule has 0 amide bonds. The maximum absolute atomic E-state index is 15.2. The first-order chi connectivity index (χ1) is 21.3. The van der Waals surface area contributed by atoms with Crippen LogP contribution in [-0.4, -0.2) is 15.0 Å². The molecule has 3 aromatic rings. The maximum atomic E-state index is 15.2. The van der Waals surface area contributed by atoms with Crippen molar-refractivity contribution in [1.82, 2.24) is 15.0 Å². The molecule has 0 radical (unpaired) electrons.